The normalized spacial score (nSPS) is 11.8. The van der Waals surface area contributed by atoms with Crippen molar-refractivity contribution in [3.05, 3.63) is 200 Å². The van der Waals surface area contributed by atoms with Gasteiger partial charge in [-0.1, -0.05) is 182 Å². The lowest BCUT2D eigenvalue weighted by Crippen LogP contribution is -2.04. The van der Waals surface area contributed by atoms with E-state index < -0.39 is 0 Å². The number of hydrogen-bond acceptors (Lipinski definition) is 3. The molecule has 0 fully saturated rings. The quantitative estimate of drug-likeness (QED) is 0.164. The predicted octanol–water partition coefficient (Wildman–Crippen LogP) is 14.9. The minimum absolute atomic E-state index is 0.644. The Balaban J connectivity index is 1.25. The number of benzene rings is 9. The summed E-state index contributed by atoms with van der Waals surface area (Å²) in [5.41, 5.74) is 10.8. The fourth-order valence-electron chi connectivity index (χ4n) is 8.97. The van der Waals surface area contributed by atoms with Gasteiger partial charge in [-0.2, -0.15) is 0 Å². The molecule has 3 aromatic heterocycles. The molecular formula is C54H33N3S. The molecule has 4 heteroatoms. The van der Waals surface area contributed by atoms with Gasteiger partial charge >= 0.3 is 0 Å². The van der Waals surface area contributed by atoms with E-state index in [9.17, 15) is 0 Å². The van der Waals surface area contributed by atoms with Crippen LogP contribution < -0.4 is 0 Å². The molecule has 0 bridgehead atoms. The highest BCUT2D eigenvalue weighted by atomic mass is 32.1. The lowest BCUT2D eigenvalue weighted by atomic mass is 9.93. The second-order valence-corrected chi connectivity index (χ2v) is 15.9. The van der Waals surface area contributed by atoms with E-state index >= 15 is 0 Å². The summed E-state index contributed by atoms with van der Waals surface area (Å²) in [4.78, 5) is 10.8. The van der Waals surface area contributed by atoms with E-state index in [4.69, 9.17) is 9.97 Å². The van der Waals surface area contributed by atoms with E-state index in [1.807, 2.05) is 23.5 Å². The van der Waals surface area contributed by atoms with Gasteiger partial charge in [-0.15, -0.1) is 11.3 Å². The van der Waals surface area contributed by atoms with Gasteiger partial charge in [-0.3, -0.25) is 4.57 Å². The largest absolute Gasteiger partial charge is 0.278 e. The molecule has 3 heterocycles. The van der Waals surface area contributed by atoms with Gasteiger partial charge in [-0.25, -0.2) is 9.97 Å². The van der Waals surface area contributed by atoms with Crippen molar-refractivity contribution in [2.45, 2.75) is 0 Å². The third kappa shape index (κ3) is 5.05. The Bertz CT molecular complexity index is 3470. The minimum atomic E-state index is 0.644. The van der Waals surface area contributed by atoms with E-state index in [-0.39, 0.29) is 0 Å². The zero-order chi connectivity index (χ0) is 38.2. The first-order valence-corrected chi connectivity index (χ1v) is 20.5. The maximum atomic E-state index is 5.39. The fourth-order valence-corrected chi connectivity index (χ4v) is 10.4. The first kappa shape index (κ1) is 32.8. The molecular weight excluding hydrogens is 723 g/mol. The average Bonchev–Trinajstić information content (AvgIpc) is 3.87. The third-order valence-electron chi connectivity index (χ3n) is 11.6. The summed E-state index contributed by atoms with van der Waals surface area (Å²) < 4.78 is 4.89. The van der Waals surface area contributed by atoms with Crippen molar-refractivity contribution in [2.24, 2.45) is 0 Å². The first-order chi connectivity index (χ1) is 28.8. The van der Waals surface area contributed by atoms with Crippen LogP contribution in [0.25, 0.3) is 114 Å². The Kier molecular flexibility index (Phi) is 7.40. The summed E-state index contributed by atoms with van der Waals surface area (Å²) in [6.07, 6.45) is 0. The average molecular weight is 756 g/mol. The minimum Gasteiger partial charge on any atom is -0.278 e. The molecule has 270 valence electrons. The van der Waals surface area contributed by atoms with Gasteiger partial charge in [0.2, 0.25) is 5.95 Å². The molecule has 0 aliphatic carbocycles. The van der Waals surface area contributed by atoms with E-state index in [0.717, 1.165) is 33.5 Å². The molecule has 58 heavy (non-hydrogen) atoms. The van der Waals surface area contributed by atoms with Crippen LogP contribution in [0.1, 0.15) is 0 Å². The number of nitrogens with zero attached hydrogens (tertiary/aromatic N) is 3. The van der Waals surface area contributed by atoms with Crippen LogP contribution >= 0.6 is 11.3 Å². The SMILES string of the molecule is c1ccc(-c2ccc(-c3cc4c(c5ccccc5n4-c4nc(-c5ccccc5)cc(-c5ccccc5)n4)c4c3sc3c5ccccc5c5ccccc5c34)cc2)cc1. The van der Waals surface area contributed by atoms with Gasteiger partial charge < -0.3 is 0 Å². The van der Waals surface area contributed by atoms with Crippen molar-refractivity contribution in [2.75, 3.05) is 0 Å². The molecule has 0 saturated heterocycles. The van der Waals surface area contributed by atoms with E-state index in [1.165, 1.54) is 74.7 Å². The summed E-state index contributed by atoms with van der Waals surface area (Å²) in [5, 5.41) is 10.1. The van der Waals surface area contributed by atoms with E-state index in [1.54, 1.807) is 0 Å². The van der Waals surface area contributed by atoms with Crippen molar-refractivity contribution >= 4 is 74.9 Å². The standard InChI is InChI=1S/C54H33N3S/c1-4-16-34(17-5-1)35-28-30-36(31-29-35)44-32-48-49(51-50-41-24-12-10-22-39(41)40-23-11-13-25-42(40)52(50)58-53(44)51)43-26-14-15-27-47(43)57(48)54-55-45(37-18-6-2-7-19-37)33-46(56-54)38-20-8-3-9-21-38/h1-33H. The van der Waals surface area contributed by atoms with Crippen LogP contribution in [0.15, 0.2) is 200 Å². The Morgan fingerprint density at radius 1 is 0.328 bits per heavy atom. The smallest absolute Gasteiger partial charge is 0.235 e. The van der Waals surface area contributed by atoms with E-state index in [2.05, 4.69) is 193 Å². The Morgan fingerprint density at radius 3 is 1.45 bits per heavy atom. The van der Waals surface area contributed by atoms with Gasteiger partial charge in [0.25, 0.3) is 0 Å². The molecule has 12 rings (SSSR count). The van der Waals surface area contributed by atoms with Gasteiger partial charge in [0, 0.05) is 53.0 Å². The summed E-state index contributed by atoms with van der Waals surface area (Å²) >= 11 is 1.92. The van der Waals surface area contributed by atoms with Crippen molar-refractivity contribution in [1.82, 2.24) is 14.5 Å². The zero-order valence-corrected chi connectivity index (χ0v) is 32.1. The highest BCUT2D eigenvalue weighted by molar-refractivity contribution is 7.27. The van der Waals surface area contributed by atoms with E-state index in [0.29, 0.717) is 5.95 Å². The summed E-state index contributed by atoms with van der Waals surface area (Å²) in [6, 6.07) is 71.7. The number of hydrogen-bond donors (Lipinski definition) is 0. The third-order valence-corrected chi connectivity index (χ3v) is 12.9. The van der Waals surface area contributed by atoms with Crippen LogP contribution in [0.3, 0.4) is 0 Å². The lowest BCUT2D eigenvalue weighted by Gasteiger charge is -2.13. The van der Waals surface area contributed by atoms with Gasteiger partial charge in [-0.05, 0) is 51.0 Å². The maximum Gasteiger partial charge on any atom is 0.235 e. The highest BCUT2D eigenvalue weighted by Crippen LogP contribution is 2.51. The fraction of sp³-hybridized carbons (Fsp3) is 0. The van der Waals surface area contributed by atoms with Gasteiger partial charge in [0.05, 0.1) is 22.4 Å². The van der Waals surface area contributed by atoms with Crippen LogP contribution in [-0.2, 0) is 0 Å². The van der Waals surface area contributed by atoms with Gasteiger partial charge in [0.1, 0.15) is 0 Å². The number of fused-ring (bicyclic) bond motifs is 12. The molecule has 0 spiro atoms. The van der Waals surface area contributed by atoms with Crippen LogP contribution in [0.4, 0.5) is 0 Å². The second-order valence-electron chi connectivity index (χ2n) is 14.9. The number of rotatable bonds is 5. The Labute approximate surface area is 338 Å². The first-order valence-electron chi connectivity index (χ1n) is 19.7. The molecule has 0 aliphatic rings. The van der Waals surface area contributed by atoms with Crippen LogP contribution in [0, 0.1) is 0 Å². The molecule has 0 unspecified atom stereocenters. The van der Waals surface area contributed by atoms with Crippen LogP contribution in [0.5, 0.6) is 0 Å². The molecule has 0 amide bonds. The molecule has 0 radical (unpaired) electrons. The van der Waals surface area contributed by atoms with Crippen LogP contribution in [-0.4, -0.2) is 14.5 Å². The van der Waals surface area contributed by atoms with Crippen molar-refractivity contribution in [1.29, 1.82) is 0 Å². The molecule has 0 N–H and O–H groups in total. The molecule has 0 atom stereocenters. The Morgan fingerprint density at radius 2 is 0.810 bits per heavy atom. The molecule has 9 aromatic carbocycles. The number of aromatic nitrogens is 3. The second kappa shape index (κ2) is 13.1. The lowest BCUT2D eigenvalue weighted by molar-refractivity contribution is 0.996. The monoisotopic (exact) mass is 755 g/mol. The van der Waals surface area contributed by atoms with Crippen LogP contribution in [0.2, 0.25) is 0 Å². The predicted molar refractivity (Wildman–Crippen MR) is 246 cm³/mol. The molecule has 12 aromatic rings. The summed E-state index contributed by atoms with van der Waals surface area (Å²) in [5.74, 6) is 0.644. The maximum absolute atomic E-state index is 5.39. The van der Waals surface area contributed by atoms with Crippen molar-refractivity contribution < 1.29 is 0 Å². The number of para-hydroxylation sites is 1. The molecule has 3 nitrogen and oxygen atoms in total. The van der Waals surface area contributed by atoms with Crippen molar-refractivity contribution in [3.63, 3.8) is 0 Å². The zero-order valence-electron chi connectivity index (χ0n) is 31.3. The Hall–Kier alpha value is -7.40. The topological polar surface area (TPSA) is 30.7 Å². The molecule has 0 aliphatic heterocycles. The summed E-state index contributed by atoms with van der Waals surface area (Å²) in [6.45, 7) is 0. The van der Waals surface area contributed by atoms with Gasteiger partial charge in [0.15, 0.2) is 0 Å². The molecule has 0 saturated carbocycles. The van der Waals surface area contributed by atoms with Crippen molar-refractivity contribution in [3.8, 4) is 50.7 Å². The number of thiophene rings is 1. The summed E-state index contributed by atoms with van der Waals surface area (Å²) in [7, 11) is 0. The highest BCUT2D eigenvalue weighted by Gasteiger charge is 2.25.